The average Bonchev–Trinajstić information content (AvgIpc) is 0.722. The molecule has 0 radical (unpaired) electrons. The number of halogens is 3. The van der Waals surface area contributed by atoms with Gasteiger partial charge in [-0.2, -0.15) is 0 Å². The summed E-state index contributed by atoms with van der Waals surface area (Å²) in [6.07, 6.45) is 0. The maximum atomic E-state index is 10.3. The lowest BCUT2D eigenvalue weighted by atomic mass is 11.6. The third-order valence-corrected chi connectivity index (χ3v) is 0. The molecule has 0 aliphatic carbocycles. The average molecular weight is 103 g/mol. The summed E-state index contributed by atoms with van der Waals surface area (Å²) in [5, 5.41) is 0. The van der Waals surface area contributed by atoms with Gasteiger partial charge in [0.05, 0.1) is 12.6 Å². The summed E-state index contributed by atoms with van der Waals surface area (Å²) < 4.78 is 30.8. The quantitative estimate of drug-likeness (QED) is 0.392. The first-order chi connectivity index (χ1) is 2.00. The van der Waals surface area contributed by atoms with E-state index in [1.165, 1.54) is 12.6 Å². The predicted octanol–water partition coefficient (Wildman–Crippen LogP) is 0.518. The van der Waals surface area contributed by atoms with E-state index in [0.717, 1.165) is 0 Å². The first-order valence-electron chi connectivity index (χ1n) is 0.817. The van der Waals surface area contributed by atoms with Crippen LogP contribution in [0.2, 0.25) is 0 Å². The second-order valence-electron chi connectivity index (χ2n) is 0.498. The fourth-order valence-corrected chi connectivity index (χ4v) is 0. The molecule has 0 nitrogen and oxygen atoms in total. The van der Waals surface area contributed by atoms with Crippen LogP contribution in [0.15, 0.2) is 0 Å². The predicted molar refractivity (Wildman–Crippen MR) is 16.2 cm³/mol. The molecule has 0 fully saturated rings. The van der Waals surface area contributed by atoms with Gasteiger partial charge in [0.15, 0.2) is 0 Å². The molecule has 0 aromatic carbocycles. The van der Waals surface area contributed by atoms with E-state index in [2.05, 4.69) is 0 Å². The van der Waals surface area contributed by atoms with Crippen molar-refractivity contribution in [1.82, 2.24) is 0 Å². The third kappa shape index (κ3) is 967. The highest BCUT2D eigenvalue weighted by Gasteiger charge is 2.28. The van der Waals surface area contributed by atoms with Gasteiger partial charge in [0, 0.05) is 0 Å². The molecule has 0 aromatic heterocycles. The molecule has 0 bridgehead atoms. The van der Waals surface area contributed by atoms with Crippen LogP contribution in [0.1, 0.15) is 0 Å². The Kier molecular flexibility index (Phi) is 1.11. The second kappa shape index (κ2) is 1.08. The number of hydrogen-bond donors (Lipinski definition) is 0. The molecular formula is CH2F3S+. The summed E-state index contributed by atoms with van der Waals surface area (Å²) in [7, 11) is 0. The number of hydrogen-bond acceptors (Lipinski definition) is 0. The van der Waals surface area contributed by atoms with Crippen molar-refractivity contribution in [3.63, 3.8) is 0 Å². The monoisotopic (exact) mass is 103 g/mol. The normalized spacial score (nSPS) is 12.0. The summed E-state index contributed by atoms with van der Waals surface area (Å²) in [6, 6.07) is 0. The van der Waals surface area contributed by atoms with Gasteiger partial charge in [-0.25, -0.2) is 0 Å². The molecule has 0 saturated heterocycles. The Balaban J connectivity index is 3.02. The summed E-state index contributed by atoms with van der Waals surface area (Å²) in [5.41, 5.74) is -4.19. The Hall–Kier alpha value is 0.140. The van der Waals surface area contributed by atoms with Gasteiger partial charge >= 0.3 is 5.51 Å². The highest BCUT2D eigenvalue weighted by Crippen LogP contribution is 2.08. The third-order valence-electron chi connectivity index (χ3n) is 0. The summed E-state index contributed by atoms with van der Waals surface area (Å²) >= 11 is 1.42. The Morgan fingerprint density at radius 3 is 1.20 bits per heavy atom. The zero-order chi connectivity index (χ0) is 4.50. The van der Waals surface area contributed by atoms with Crippen molar-refractivity contribution in [2.24, 2.45) is 0 Å². The fraction of sp³-hybridized carbons (Fsp3) is 1.00. The van der Waals surface area contributed by atoms with Crippen molar-refractivity contribution in [2.75, 3.05) is 0 Å². The number of alkyl halides is 3. The van der Waals surface area contributed by atoms with E-state index < -0.39 is 5.51 Å². The maximum Gasteiger partial charge on any atom is 0.570 e. The molecule has 0 unspecified atom stereocenters. The van der Waals surface area contributed by atoms with E-state index in [0.29, 0.717) is 0 Å². The van der Waals surface area contributed by atoms with Gasteiger partial charge in [0.2, 0.25) is 0 Å². The van der Waals surface area contributed by atoms with Crippen molar-refractivity contribution in [1.29, 1.82) is 0 Å². The lowest BCUT2D eigenvalue weighted by Crippen LogP contribution is -1.97. The largest absolute Gasteiger partial charge is 0.570 e. The molecule has 0 rings (SSSR count). The molecule has 0 spiro atoms. The van der Waals surface area contributed by atoms with E-state index in [1.807, 2.05) is 0 Å². The minimum atomic E-state index is -4.19. The van der Waals surface area contributed by atoms with Gasteiger partial charge in [0.1, 0.15) is 0 Å². The van der Waals surface area contributed by atoms with Crippen molar-refractivity contribution < 1.29 is 13.2 Å². The van der Waals surface area contributed by atoms with E-state index in [-0.39, 0.29) is 0 Å². The van der Waals surface area contributed by atoms with Crippen LogP contribution in [-0.2, 0) is 12.6 Å². The zero-order valence-electron chi connectivity index (χ0n) is 2.13. The van der Waals surface area contributed by atoms with Crippen LogP contribution >= 0.6 is 0 Å². The van der Waals surface area contributed by atoms with E-state index in [1.54, 1.807) is 0 Å². The Labute approximate surface area is 32.4 Å². The molecule has 0 amide bonds. The Morgan fingerprint density at radius 2 is 1.20 bits per heavy atom. The Bertz CT molecular complexity index is 22.4. The zero-order valence-corrected chi connectivity index (χ0v) is 3.13. The minimum Gasteiger partial charge on any atom is -0.123 e. The Morgan fingerprint density at radius 1 is 1.20 bits per heavy atom. The van der Waals surface area contributed by atoms with Gasteiger partial charge in [0.25, 0.3) is 0 Å². The van der Waals surface area contributed by atoms with E-state index in [9.17, 15) is 13.2 Å². The van der Waals surface area contributed by atoms with Crippen LogP contribution in [0.25, 0.3) is 0 Å². The van der Waals surface area contributed by atoms with Crippen molar-refractivity contribution in [3.8, 4) is 0 Å². The summed E-state index contributed by atoms with van der Waals surface area (Å²) in [5.74, 6) is 0. The van der Waals surface area contributed by atoms with Gasteiger partial charge in [-0.05, 0) is 0 Å². The molecular weight excluding hydrogens is 101 g/mol. The topological polar surface area (TPSA) is 0 Å². The molecule has 0 N–H and O–H groups in total. The standard InChI is InChI=1S/CHF3S/c2-1(3,4)5/h5H/p+1. The second-order valence-corrected chi connectivity index (χ2v) is 1.06. The molecule has 0 aliphatic rings. The van der Waals surface area contributed by atoms with Gasteiger partial charge < -0.3 is 0 Å². The molecule has 0 aliphatic heterocycles. The maximum absolute atomic E-state index is 10.3. The first-order valence-corrected chi connectivity index (χ1v) is 1.32. The van der Waals surface area contributed by atoms with Crippen molar-refractivity contribution in [2.45, 2.75) is 5.51 Å². The van der Waals surface area contributed by atoms with Crippen molar-refractivity contribution in [3.05, 3.63) is 0 Å². The first kappa shape index (κ1) is 5.14. The van der Waals surface area contributed by atoms with Crippen LogP contribution in [0.3, 0.4) is 0 Å². The number of rotatable bonds is 0. The van der Waals surface area contributed by atoms with Crippen LogP contribution in [0.5, 0.6) is 0 Å². The van der Waals surface area contributed by atoms with Gasteiger partial charge in [-0.15, -0.1) is 13.2 Å². The molecule has 0 saturated carbocycles. The lowest BCUT2D eigenvalue weighted by molar-refractivity contribution is -0.0315. The molecule has 4 heteroatoms. The van der Waals surface area contributed by atoms with Crippen LogP contribution in [-0.4, -0.2) is 5.51 Å². The lowest BCUT2D eigenvalue weighted by Gasteiger charge is -1.78. The molecule has 32 valence electrons. The highest BCUT2D eigenvalue weighted by atomic mass is 32.1. The smallest absolute Gasteiger partial charge is 0.123 e. The van der Waals surface area contributed by atoms with Crippen molar-refractivity contribution >= 4 is 12.6 Å². The molecule has 0 heterocycles. The fourth-order valence-electron chi connectivity index (χ4n) is 0. The SMILES string of the molecule is FC(F)(F)[SH2+]. The van der Waals surface area contributed by atoms with E-state index >= 15 is 0 Å². The minimum absolute atomic E-state index is 1.42. The van der Waals surface area contributed by atoms with Crippen LogP contribution < -0.4 is 0 Å². The highest BCUT2D eigenvalue weighted by molar-refractivity contribution is 7.59. The van der Waals surface area contributed by atoms with Crippen LogP contribution in [0.4, 0.5) is 13.2 Å². The van der Waals surface area contributed by atoms with E-state index in [4.69, 9.17) is 0 Å². The molecule has 0 aromatic rings. The summed E-state index contributed by atoms with van der Waals surface area (Å²) in [4.78, 5) is 0. The van der Waals surface area contributed by atoms with Gasteiger partial charge in [-0.1, -0.05) is 0 Å². The van der Waals surface area contributed by atoms with Gasteiger partial charge in [-0.3, -0.25) is 0 Å². The van der Waals surface area contributed by atoms with Crippen LogP contribution in [0, 0.1) is 0 Å². The molecule has 0 atom stereocenters. The molecule has 5 heavy (non-hydrogen) atoms. The summed E-state index contributed by atoms with van der Waals surface area (Å²) in [6.45, 7) is 0.